The molecule has 0 radical (unpaired) electrons. The van der Waals surface area contributed by atoms with Gasteiger partial charge in [-0.25, -0.2) is 18.3 Å². The van der Waals surface area contributed by atoms with Gasteiger partial charge < -0.3 is 24.8 Å². The molecule has 336 valence electrons. The molecule has 6 aliphatic rings. The lowest BCUT2D eigenvalue weighted by molar-refractivity contribution is -0.146. The molecular weight excluding hydrogens is 827 g/mol. The van der Waals surface area contributed by atoms with E-state index in [1.54, 1.807) is 21.8 Å². The molecule has 1 saturated carbocycles. The molecule has 64 heavy (non-hydrogen) atoms. The van der Waals surface area contributed by atoms with Crippen molar-refractivity contribution in [2.24, 2.45) is 18.4 Å². The molecular formula is C45H52F2N12O5. The smallest absolute Gasteiger partial charge is 0.284 e. The van der Waals surface area contributed by atoms with Crippen molar-refractivity contribution in [3.8, 4) is 0 Å². The van der Waals surface area contributed by atoms with Gasteiger partial charge in [-0.15, -0.1) is 0 Å². The van der Waals surface area contributed by atoms with Gasteiger partial charge in [0.05, 0.1) is 60.2 Å². The van der Waals surface area contributed by atoms with Crippen molar-refractivity contribution < 1.29 is 32.7 Å². The number of anilines is 2. The number of amides is 4. The van der Waals surface area contributed by atoms with Gasteiger partial charge in [0, 0.05) is 62.8 Å². The predicted octanol–water partition coefficient (Wildman–Crippen LogP) is 4.40. The zero-order valence-electron chi connectivity index (χ0n) is 35.8. The second-order valence-electron chi connectivity index (χ2n) is 19.0. The fourth-order valence-corrected chi connectivity index (χ4v) is 11.4. The number of ether oxygens (including phenoxy) is 1. The highest BCUT2D eigenvalue weighted by molar-refractivity contribution is 6.08. The first kappa shape index (κ1) is 40.9. The zero-order chi connectivity index (χ0) is 43.9. The minimum absolute atomic E-state index is 0.00321. The fourth-order valence-electron chi connectivity index (χ4n) is 11.4. The highest BCUT2D eigenvalue weighted by Gasteiger charge is 2.47. The van der Waals surface area contributed by atoms with E-state index >= 15 is 0 Å². The Hall–Kier alpha value is -5.82. The molecule has 4 amide bonds. The van der Waals surface area contributed by atoms with E-state index in [-0.39, 0.29) is 65.4 Å². The van der Waals surface area contributed by atoms with Gasteiger partial charge in [-0.05, 0) is 82.0 Å². The first-order valence-corrected chi connectivity index (χ1v) is 22.7. The monoisotopic (exact) mass is 878 g/mol. The summed E-state index contributed by atoms with van der Waals surface area (Å²) in [7, 11) is 1.83. The van der Waals surface area contributed by atoms with Crippen LogP contribution in [0.2, 0.25) is 0 Å². The highest BCUT2D eigenvalue weighted by Crippen LogP contribution is 2.42. The molecule has 6 fully saturated rings. The van der Waals surface area contributed by atoms with Gasteiger partial charge >= 0.3 is 0 Å². The number of aryl methyl sites for hydroxylation is 1. The van der Waals surface area contributed by atoms with E-state index in [2.05, 4.69) is 35.7 Å². The Morgan fingerprint density at radius 1 is 1.03 bits per heavy atom. The zero-order valence-corrected chi connectivity index (χ0v) is 35.8. The summed E-state index contributed by atoms with van der Waals surface area (Å²) in [5.74, 6) is -0.336. The molecule has 4 aromatic heterocycles. The molecule has 1 spiro atoms. The lowest BCUT2D eigenvalue weighted by Gasteiger charge is -2.54. The van der Waals surface area contributed by atoms with Crippen LogP contribution in [0, 0.1) is 11.3 Å². The topological polar surface area (TPSA) is 177 Å². The van der Waals surface area contributed by atoms with Crippen LogP contribution < -0.4 is 15.5 Å². The molecule has 1 aromatic carbocycles. The number of likely N-dealkylation sites (tertiary alicyclic amines) is 2. The Bertz CT molecular complexity index is 2650. The molecule has 1 unspecified atom stereocenters. The number of fused-ring (bicyclic) bond motifs is 4. The van der Waals surface area contributed by atoms with Crippen molar-refractivity contribution in [3.63, 3.8) is 0 Å². The molecule has 1 aliphatic carbocycles. The molecule has 2 bridgehead atoms. The van der Waals surface area contributed by atoms with E-state index in [9.17, 15) is 28.0 Å². The van der Waals surface area contributed by atoms with Crippen molar-refractivity contribution in [1.82, 2.24) is 49.3 Å². The Labute approximate surface area is 367 Å². The van der Waals surface area contributed by atoms with Gasteiger partial charge in [-0.2, -0.15) is 15.3 Å². The summed E-state index contributed by atoms with van der Waals surface area (Å²) in [5.41, 5.74) is 2.61. The minimum Gasteiger partial charge on any atom is -0.374 e. The Morgan fingerprint density at radius 3 is 2.58 bits per heavy atom. The number of nitrogens with one attached hydrogen (secondary N) is 2. The summed E-state index contributed by atoms with van der Waals surface area (Å²) in [5, 5.41) is 19.3. The maximum atomic E-state index is 14.3. The number of nitrogens with zero attached hydrogens (tertiary/aromatic N) is 10. The van der Waals surface area contributed by atoms with Gasteiger partial charge in [0.15, 0.2) is 11.3 Å². The molecule has 2 N–H and O–H groups in total. The van der Waals surface area contributed by atoms with Gasteiger partial charge in [0.25, 0.3) is 12.3 Å². The van der Waals surface area contributed by atoms with Crippen molar-refractivity contribution in [3.05, 3.63) is 65.4 Å². The number of para-hydroxylation sites is 1. The van der Waals surface area contributed by atoms with E-state index in [0.29, 0.717) is 30.3 Å². The number of morpholine rings is 1. The number of hydrogen-bond acceptors (Lipinski definition) is 11. The van der Waals surface area contributed by atoms with Crippen molar-refractivity contribution in [1.29, 1.82) is 0 Å². The van der Waals surface area contributed by atoms with Crippen molar-refractivity contribution in [2.45, 2.75) is 94.7 Å². The third kappa shape index (κ3) is 7.39. The number of imide groups is 1. The molecule has 5 aliphatic heterocycles. The number of hydrogen-bond donors (Lipinski definition) is 2. The number of carbonyl (C=O) groups excluding carboxylic acids is 4. The first-order valence-electron chi connectivity index (χ1n) is 22.7. The maximum absolute atomic E-state index is 14.3. The molecule has 5 aromatic rings. The first-order chi connectivity index (χ1) is 31.0. The maximum Gasteiger partial charge on any atom is 0.284 e. The summed E-state index contributed by atoms with van der Waals surface area (Å²) in [6, 6.07) is 7.87. The second-order valence-corrected chi connectivity index (χ2v) is 19.0. The van der Waals surface area contributed by atoms with Crippen LogP contribution in [0.1, 0.15) is 103 Å². The van der Waals surface area contributed by atoms with Gasteiger partial charge in [0.1, 0.15) is 11.4 Å². The SMILES string of the molecule is Cn1nc(C2CCC(=O)NC2=O)c2cccc(CC(=O)N3CC4(CCN(CC5CCC(n6cc(NC(=O)c7cnn8ccc(N9C[C@H]%10C[C@@H]9CO%10)nc78)c(C(F)F)n6)CC5)CC4)C3)c21. The fraction of sp³-hybridized carbons (Fsp3) is 0.556. The minimum atomic E-state index is -2.86. The Morgan fingerprint density at radius 2 is 1.84 bits per heavy atom. The number of halogens is 2. The summed E-state index contributed by atoms with van der Waals surface area (Å²) >= 11 is 0. The number of aromatic nitrogens is 7. The van der Waals surface area contributed by atoms with E-state index in [1.165, 1.54) is 10.7 Å². The van der Waals surface area contributed by atoms with Crippen LogP contribution in [-0.2, 0) is 32.6 Å². The standard InChI is InChI=1S/C45H52F2N12O5/c1-54-40-27(3-2-4-31(40)38(52-54)32-9-10-36(60)51-43(32)62)17-37(61)56-24-45(25-56)12-15-55(16-13-45)20-26-5-7-28(8-6-26)59-22-34(39(53-59)41(46)47)49-44(63)33-19-48-58-14-11-35(50-42(33)58)57-21-30-18-29(57)23-64-30/h2-4,11,14,19,22,26,28-30,32,41H,5-10,12-13,15-18,20-21,23-25H2,1H3,(H,49,63)(H,51,60,62)/t26?,28?,29-,30-,32?/m1/s1. The van der Waals surface area contributed by atoms with E-state index in [0.717, 1.165) is 106 Å². The van der Waals surface area contributed by atoms with Crippen LogP contribution in [0.4, 0.5) is 20.3 Å². The molecule has 19 heteroatoms. The van der Waals surface area contributed by atoms with E-state index in [1.807, 2.05) is 36.2 Å². The third-order valence-corrected chi connectivity index (χ3v) is 14.9. The lowest BCUT2D eigenvalue weighted by Crippen LogP contribution is -2.62. The lowest BCUT2D eigenvalue weighted by atomic mass is 9.71. The molecule has 5 saturated heterocycles. The van der Waals surface area contributed by atoms with Crippen molar-refractivity contribution in [2.75, 3.05) is 56.1 Å². The Balaban J connectivity index is 0.659. The molecule has 17 nitrogen and oxygen atoms in total. The number of rotatable bonds is 10. The summed E-state index contributed by atoms with van der Waals surface area (Å²) in [4.78, 5) is 63.0. The average molecular weight is 879 g/mol. The van der Waals surface area contributed by atoms with Crippen LogP contribution >= 0.6 is 0 Å². The summed E-state index contributed by atoms with van der Waals surface area (Å²) < 4.78 is 39.3. The number of benzene rings is 1. The molecule has 9 heterocycles. The number of alkyl halides is 2. The summed E-state index contributed by atoms with van der Waals surface area (Å²) in [6.07, 6.45) is 9.55. The second kappa shape index (κ2) is 16.0. The van der Waals surface area contributed by atoms with Crippen LogP contribution in [0.15, 0.2) is 42.9 Å². The van der Waals surface area contributed by atoms with Crippen LogP contribution in [0.5, 0.6) is 0 Å². The van der Waals surface area contributed by atoms with Crippen LogP contribution in [-0.4, -0.2) is 126 Å². The third-order valence-electron chi connectivity index (χ3n) is 14.9. The van der Waals surface area contributed by atoms with Gasteiger partial charge in [-0.3, -0.25) is 33.9 Å². The number of carbonyl (C=O) groups is 4. The van der Waals surface area contributed by atoms with Crippen molar-refractivity contribution >= 4 is 51.7 Å². The summed E-state index contributed by atoms with van der Waals surface area (Å²) in [6.45, 7) is 5.85. The van der Waals surface area contributed by atoms with Gasteiger partial charge in [0.2, 0.25) is 17.7 Å². The van der Waals surface area contributed by atoms with Gasteiger partial charge in [-0.1, -0.05) is 18.2 Å². The largest absolute Gasteiger partial charge is 0.374 e. The van der Waals surface area contributed by atoms with E-state index < -0.39 is 23.9 Å². The van der Waals surface area contributed by atoms with Crippen LogP contribution in [0.3, 0.4) is 0 Å². The predicted molar refractivity (Wildman–Crippen MR) is 229 cm³/mol. The average Bonchev–Trinajstić information content (AvgIpc) is 4.13. The molecule has 3 atom stereocenters. The quantitative estimate of drug-likeness (QED) is 0.190. The Kier molecular flexibility index (Phi) is 10.2. The normalized spacial score (nSPS) is 25.8. The van der Waals surface area contributed by atoms with E-state index in [4.69, 9.17) is 9.72 Å². The van der Waals surface area contributed by atoms with Crippen LogP contribution in [0.25, 0.3) is 16.6 Å². The highest BCUT2D eigenvalue weighted by atomic mass is 19.3. The number of piperidine rings is 2. The molecule has 11 rings (SSSR count).